The molecule has 2 aliphatic rings. The number of hydrogen-bond donors (Lipinski definition) is 2. The number of hydrogen-bond acceptors (Lipinski definition) is 4. The number of nitrogens with one attached hydrogen (secondary N) is 2. The van der Waals surface area contributed by atoms with Crippen LogP contribution in [0.4, 0.5) is 14.5 Å². The predicted octanol–water partition coefficient (Wildman–Crippen LogP) is 3.06. The fraction of sp³-hybridized carbons (Fsp3) is 0.333. The molecule has 1 fully saturated rings. The minimum atomic E-state index is -3.90. The predicted molar refractivity (Wildman–Crippen MR) is 90.5 cm³/mol. The SMILES string of the molecule is O=S(=O)(c1ccc(F)c(F)c1)c1ccc2c(c1)[C@H]1CCNCCC1N2. The van der Waals surface area contributed by atoms with Gasteiger partial charge in [-0.2, -0.15) is 0 Å². The van der Waals surface area contributed by atoms with Crippen LogP contribution in [0.1, 0.15) is 24.3 Å². The molecule has 2 N–H and O–H groups in total. The Kier molecular flexibility index (Phi) is 4.00. The lowest BCUT2D eigenvalue weighted by molar-refractivity contribution is 0.504. The molecule has 4 nitrogen and oxygen atoms in total. The van der Waals surface area contributed by atoms with E-state index in [-0.39, 0.29) is 15.7 Å². The summed E-state index contributed by atoms with van der Waals surface area (Å²) in [6.07, 6.45) is 1.91. The van der Waals surface area contributed by atoms with Crippen LogP contribution in [0.25, 0.3) is 0 Å². The molecule has 7 heteroatoms. The zero-order chi connectivity index (χ0) is 17.6. The third-order valence-electron chi connectivity index (χ3n) is 5.03. The van der Waals surface area contributed by atoms with Crippen molar-refractivity contribution in [1.29, 1.82) is 0 Å². The summed E-state index contributed by atoms with van der Waals surface area (Å²) in [4.78, 5) is -0.131. The highest BCUT2D eigenvalue weighted by molar-refractivity contribution is 7.91. The average molecular weight is 364 g/mol. The van der Waals surface area contributed by atoms with Gasteiger partial charge in [0.2, 0.25) is 9.84 Å². The van der Waals surface area contributed by atoms with Crippen molar-refractivity contribution in [2.75, 3.05) is 18.4 Å². The van der Waals surface area contributed by atoms with Gasteiger partial charge >= 0.3 is 0 Å². The summed E-state index contributed by atoms with van der Waals surface area (Å²) < 4.78 is 52.2. The van der Waals surface area contributed by atoms with Gasteiger partial charge in [-0.25, -0.2) is 17.2 Å². The molecule has 4 rings (SSSR count). The minimum Gasteiger partial charge on any atom is -0.381 e. The lowest BCUT2D eigenvalue weighted by Gasteiger charge is -2.16. The number of halogens is 2. The number of benzene rings is 2. The minimum absolute atomic E-state index is 0.108. The summed E-state index contributed by atoms with van der Waals surface area (Å²) in [5.74, 6) is -1.98. The molecule has 2 aromatic rings. The van der Waals surface area contributed by atoms with Crippen molar-refractivity contribution in [3.05, 3.63) is 53.6 Å². The highest BCUT2D eigenvalue weighted by Crippen LogP contribution is 2.41. The van der Waals surface area contributed by atoms with E-state index >= 15 is 0 Å². The molecule has 0 saturated carbocycles. The number of fused-ring (bicyclic) bond motifs is 3. The van der Waals surface area contributed by atoms with Gasteiger partial charge in [-0.3, -0.25) is 0 Å². The number of sulfone groups is 1. The van der Waals surface area contributed by atoms with Crippen LogP contribution in [0.2, 0.25) is 0 Å². The summed E-state index contributed by atoms with van der Waals surface area (Å²) in [6.45, 7) is 1.82. The fourth-order valence-electron chi connectivity index (χ4n) is 3.71. The molecule has 0 spiro atoms. The van der Waals surface area contributed by atoms with Crippen LogP contribution in [0.15, 0.2) is 46.2 Å². The molecule has 0 aromatic heterocycles. The summed E-state index contributed by atoms with van der Waals surface area (Å²) in [5, 5.41) is 6.82. The molecule has 0 aliphatic carbocycles. The van der Waals surface area contributed by atoms with E-state index in [2.05, 4.69) is 10.6 Å². The van der Waals surface area contributed by atoms with Gasteiger partial charge in [-0.05, 0) is 67.9 Å². The van der Waals surface area contributed by atoms with Crippen LogP contribution in [0.3, 0.4) is 0 Å². The maximum Gasteiger partial charge on any atom is 0.206 e. The number of rotatable bonds is 2. The lowest BCUT2D eigenvalue weighted by atomic mass is 9.91. The molecule has 25 heavy (non-hydrogen) atoms. The van der Waals surface area contributed by atoms with E-state index < -0.39 is 21.5 Å². The van der Waals surface area contributed by atoms with Crippen molar-refractivity contribution in [2.24, 2.45) is 0 Å². The second-order valence-corrected chi connectivity index (χ2v) is 8.46. The van der Waals surface area contributed by atoms with Gasteiger partial charge in [0, 0.05) is 17.6 Å². The van der Waals surface area contributed by atoms with Crippen molar-refractivity contribution in [3.8, 4) is 0 Å². The van der Waals surface area contributed by atoms with Crippen LogP contribution < -0.4 is 10.6 Å². The Hall–Kier alpha value is -1.99. The second kappa shape index (κ2) is 6.07. The van der Waals surface area contributed by atoms with Gasteiger partial charge in [0.05, 0.1) is 9.79 Å². The average Bonchev–Trinajstić information content (AvgIpc) is 2.77. The van der Waals surface area contributed by atoms with E-state index in [4.69, 9.17) is 0 Å². The maximum absolute atomic E-state index is 13.5. The van der Waals surface area contributed by atoms with E-state index in [1.807, 2.05) is 0 Å². The van der Waals surface area contributed by atoms with E-state index in [1.165, 1.54) is 6.07 Å². The quantitative estimate of drug-likeness (QED) is 0.804. The molecule has 0 radical (unpaired) electrons. The van der Waals surface area contributed by atoms with Crippen LogP contribution in [-0.2, 0) is 9.84 Å². The first-order chi connectivity index (χ1) is 12.0. The number of anilines is 1. The van der Waals surface area contributed by atoms with Gasteiger partial charge in [0.15, 0.2) is 11.6 Å². The molecule has 132 valence electrons. The Morgan fingerprint density at radius 3 is 2.44 bits per heavy atom. The van der Waals surface area contributed by atoms with E-state index in [1.54, 1.807) is 12.1 Å². The van der Waals surface area contributed by atoms with Gasteiger partial charge in [-0.15, -0.1) is 0 Å². The molecule has 2 aliphatic heterocycles. The maximum atomic E-state index is 13.5. The van der Waals surface area contributed by atoms with E-state index in [0.29, 0.717) is 6.04 Å². The fourth-order valence-corrected chi connectivity index (χ4v) is 5.02. The highest BCUT2D eigenvalue weighted by atomic mass is 32.2. The Bertz CT molecular complexity index is 931. The summed E-state index contributed by atoms with van der Waals surface area (Å²) in [5.41, 5.74) is 1.94. The first-order valence-corrected chi connectivity index (χ1v) is 9.76. The lowest BCUT2D eigenvalue weighted by Crippen LogP contribution is -2.21. The summed E-state index contributed by atoms with van der Waals surface area (Å²) >= 11 is 0. The topological polar surface area (TPSA) is 58.2 Å². The monoisotopic (exact) mass is 364 g/mol. The molecule has 2 aromatic carbocycles. The molecular formula is C18H18F2N2O2S. The van der Waals surface area contributed by atoms with Crippen molar-refractivity contribution in [1.82, 2.24) is 5.32 Å². The van der Waals surface area contributed by atoms with E-state index in [9.17, 15) is 17.2 Å². The van der Waals surface area contributed by atoms with Gasteiger partial charge in [-0.1, -0.05) is 0 Å². The normalized spacial score (nSPS) is 22.6. The van der Waals surface area contributed by atoms with Crippen molar-refractivity contribution in [2.45, 2.75) is 34.6 Å². The molecule has 0 amide bonds. The first-order valence-electron chi connectivity index (χ1n) is 8.28. The van der Waals surface area contributed by atoms with Crippen molar-refractivity contribution in [3.63, 3.8) is 0 Å². The van der Waals surface area contributed by atoms with Gasteiger partial charge in [0.25, 0.3) is 0 Å². The molecule has 0 bridgehead atoms. The Morgan fingerprint density at radius 1 is 0.920 bits per heavy atom. The van der Waals surface area contributed by atoms with Crippen molar-refractivity contribution >= 4 is 15.5 Å². The van der Waals surface area contributed by atoms with Crippen LogP contribution in [0.5, 0.6) is 0 Å². The zero-order valence-electron chi connectivity index (χ0n) is 13.4. The third-order valence-corrected chi connectivity index (χ3v) is 6.77. The third kappa shape index (κ3) is 2.81. The molecule has 1 unspecified atom stereocenters. The van der Waals surface area contributed by atoms with Crippen LogP contribution in [0, 0.1) is 11.6 Å². The second-order valence-electron chi connectivity index (χ2n) is 6.51. The zero-order valence-corrected chi connectivity index (χ0v) is 14.2. The molecular weight excluding hydrogens is 346 g/mol. The van der Waals surface area contributed by atoms with Crippen LogP contribution >= 0.6 is 0 Å². The van der Waals surface area contributed by atoms with E-state index in [0.717, 1.165) is 55.4 Å². The first kappa shape index (κ1) is 16.5. The summed E-state index contributed by atoms with van der Waals surface area (Å²) in [6, 6.07) is 7.92. The molecule has 2 atom stereocenters. The highest BCUT2D eigenvalue weighted by Gasteiger charge is 2.34. The standard InChI is InChI=1S/C18H18F2N2O2S/c19-15-3-1-12(10-16(15)20)25(23,24)11-2-4-17-14(9-11)13-5-7-21-8-6-18(13)22-17/h1-4,9-10,13,18,21-22H,5-8H2/t13-,18?/m1/s1. The van der Waals surface area contributed by atoms with Crippen molar-refractivity contribution < 1.29 is 17.2 Å². The van der Waals surface area contributed by atoms with Gasteiger partial charge in [0.1, 0.15) is 0 Å². The smallest absolute Gasteiger partial charge is 0.206 e. The largest absolute Gasteiger partial charge is 0.381 e. The Labute approximate surface area is 145 Å². The molecule has 1 saturated heterocycles. The Morgan fingerprint density at radius 2 is 1.64 bits per heavy atom. The van der Waals surface area contributed by atoms with Crippen LogP contribution in [-0.4, -0.2) is 27.5 Å². The van der Waals surface area contributed by atoms with Gasteiger partial charge < -0.3 is 10.6 Å². The Balaban J connectivity index is 1.75. The molecule has 2 heterocycles. The summed E-state index contributed by atoms with van der Waals surface area (Å²) in [7, 11) is -3.90.